The van der Waals surface area contributed by atoms with E-state index in [1.807, 2.05) is 12.3 Å². The Bertz CT molecular complexity index is 508. The van der Waals surface area contributed by atoms with Crippen LogP contribution in [0.25, 0.3) is 0 Å². The van der Waals surface area contributed by atoms with Crippen molar-refractivity contribution in [2.75, 3.05) is 11.1 Å². The number of amides is 1. The average molecular weight is 233 g/mol. The van der Waals surface area contributed by atoms with Gasteiger partial charge in [0.25, 0.3) is 5.91 Å². The van der Waals surface area contributed by atoms with Crippen molar-refractivity contribution in [3.63, 3.8) is 0 Å². The Morgan fingerprint density at radius 2 is 2.38 bits per heavy atom. The summed E-state index contributed by atoms with van der Waals surface area (Å²) in [5, 5.41) is 6.39. The fourth-order valence-corrected chi connectivity index (χ4v) is 1.94. The third kappa shape index (κ3) is 2.20. The van der Waals surface area contributed by atoms with E-state index in [9.17, 15) is 4.79 Å². The van der Waals surface area contributed by atoms with Gasteiger partial charge in [-0.25, -0.2) is 4.98 Å². The van der Waals surface area contributed by atoms with Crippen LogP contribution in [-0.2, 0) is 0 Å². The molecular formula is C11H11N3OS. The van der Waals surface area contributed by atoms with Gasteiger partial charge in [0.1, 0.15) is 5.82 Å². The standard InChI is InChI=1S/C11H11N3OS/c1-7-4-9(12)5-13-10(7)14-11(15)8-2-3-16-6-8/h2-6H,12H2,1H3,(H,13,14,15). The molecule has 0 fully saturated rings. The first-order chi connectivity index (χ1) is 7.66. The molecule has 0 bridgehead atoms. The first kappa shape index (κ1) is 10.6. The van der Waals surface area contributed by atoms with Gasteiger partial charge in [-0.05, 0) is 30.0 Å². The molecule has 2 aromatic rings. The summed E-state index contributed by atoms with van der Waals surface area (Å²) in [6.07, 6.45) is 1.52. The molecule has 16 heavy (non-hydrogen) atoms. The summed E-state index contributed by atoms with van der Waals surface area (Å²) in [5.41, 5.74) is 7.66. The number of nitrogens with two attached hydrogens (primary N) is 1. The highest BCUT2D eigenvalue weighted by molar-refractivity contribution is 7.08. The molecule has 2 rings (SSSR count). The summed E-state index contributed by atoms with van der Waals surface area (Å²) in [4.78, 5) is 15.8. The lowest BCUT2D eigenvalue weighted by molar-refractivity contribution is 0.102. The van der Waals surface area contributed by atoms with E-state index in [0.717, 1.165) is 5.56 Å². The first-order valence-corrected chi connectivity index (χ1v) is 5.67. The summed E-state index contributed by atoms with van der Waals surface area (Å²) in [6.45, 7) is 1.85. The van der Waals surface area contributed by atoms with E-state index in [1.165, 1.54) is 17.5 Å². The number of rotatable bonds is 2. The third-order valence-electron chi connectivity index (χ3n) is 2.11. The SMILES string of the molecule is Cc1cc(N)cnc1NC(=O)c1ccsc1. The summed E-state index contributed by atoms with van der Waals surface area (Å²) in [6, 6.07) is 3.54. The van der Waals surface area contributed by atoms with E-state index in [2.05, 4.69) is 10.3 Å². The quantitative estimate of drug-likeness (QED) is 0.836. The molecule has 0 saturated heterocycles. The van der Waals surface area contributed by atoms with Crippen LogP contribution in [0.2, 0.25) is 0 Å². The minimum absolute atomic E-state index is 0.151. The third-order valence-corrected chi connectivity index (χ3v) is 2.80. The number of nitrogens with one attached hydrogen (secondary N) is 1. The minimum atomic E-state index is -0.151. The average Bonchev–Trinajstić information content (AvgIpc) is 2.75. The van der Waals surface area contributed by atoms with Crippen LogP contribution in [0.4, 0.5) is 11.5 Å². The predicted molar refractivity (Wildman–Crippen MR) is 65.7 cm³/mol. The van der Waals surface area contributed by atoms with Crippen LogP contribution in [0, 0.1) is 6.92 Å². The lowest BCUT2D eigenvalue weighted by atomic mass is 10.2. The fraction of sp³-hybridized carbons (Fsp3) is 0.0909. The molecule has 3 N–H and O–H groups in total. The molecule has 0 saturated carbocycles. The number of aryl methyl sites for hydroxylation is 1. The van der Waals surface area contributed by atoms with Crippen molar-refractivity contribution in [3.8, 4) is 0 Å². The molecule has 0 aliphatic heterocycles. The van der Waals surface area contributed by atoms with Gasteiger partial charge in [0.15, 0.2) is 0 Å². The van der Waals surface area contributed by atoms with Crippen LogP contribution >= 0.6 is 11.3 Å². The van der Waals surface area contributed by atoms with Gasteiger partial charge >= 0.3 is 0 Å². The number of aromatic nitrogens is 1. The molecule has 4 nitrogen and oxygen atoms in total. The number of carbonyl (C=O) groups is 1. The second-order valence-corrected chi connectivity index (χ2v) is 4.18. The highest BCUT2D eigenvalue weighted by atomic mass is 32.1. The maximum absolute atomic E-state index is 11.7. The Labute approximate surface area is 97.1 Å². The Hall–Kier alpha value is -1.88. The number of thiophene rings is 1. The Kier molecular flexibility index (Phi) is 2.87. The number of nitrogens with zero attached hydrogens (tertiary/aromatic N) is 1. The first-order valence-electron chi connectivity index (χ1n) is 4.72. The number of anilines is 2. The molecule has 82 valence electrons. The van der Waals surface area contributed by atoms with Gasteiger partial charge in [0.05, 0.1) is 17.4 Å². The molecule has 0 aliphatic rings. The molecular weight excluding hydrogens is 222 g/mol. The highest BCUT2D eigenvalue weighted by Crippen LogP contribution is 2.15. The number of carbonyl (C=O) groups excluding carboxylic acids is 1. The zero-order valence-corrected chi connectivity index (χ0v) is 9.54. The molecule has 0 aliphatic carbocycles. The smallest absolute Gasteiger partial charge is 0.257 e. The minimum Gasteiger partial charge on any atom is -0.397 e. The highest BCUT2D eigenvalue weighted by Gasteiger charge is 2.08. The largest absolute Gasteiger partial charge is 0.397 e. The number of pyridine rings is 1. The molecule has 5 heteroatoms. The topological polar surface area (TPSA) is 68.0 Å². The summed E-state index contributed by atoms with van der Waals surface area (Å²) in [7, 11) is 0. The van der Waals surface area contributed by atoms with Crippen molar-refractivity contribution >= 4 is 28.7 Å². The molecule has 0 radical (unpaired) electrons. The van der Waals surface area contributed by atoms with Crippen LogP contribution < -0.4 is 11.1 Å². The molecule has 0 unspecified atom stereocenters. The Balaban J connectivity index is 2.18. The monoisotopic (exact) mass is 233 g/mol. The van der Waals surface area contributed by atoms with Gasteiger partial charge in [-0.2, -0.15) is 11.3 Å². The van der Waals surface area contributed by atoms with Crippen molar-refractivity contribution in [2.24, 2.45) is 0 Å². The van der Waals surface area contributed by atoms with Gasteiger partial charge in [-0.3, -0.25) is 4.79 Å². The lowest BCUT2D eigenvalue weighted by Crippen LogP contribution is -2.13. The second-order valence-electron chi connectivity index (χ2n) is 3.40. The van der Waals surface area contributed by atoms with Gasteiger partial charge < -0.3 is 11.1 Å². The summed E-state index contributed by atoms with van der Waals surface area (Å²) < 4.78 is 0. The van der Waals surface area contributed by atoms with Crippen LogP contribution in [0.5, 0.6) is 0 Å². The number of hydrogen-bond acceptors (Lipinski definition) is 4. The number of nitrogen functional groups attached to an aromatic ring is 1. The van der Waals surface area contributed by atoms with Crippen molar-refractivity contribution < 1.29 is 4.79 Å². The van der Waals surface area contributed by atoms with E-state index in [0.29, 0.717) is 17.1 Å². The molecule has 2 heterocycles. The van der Waals surface area contributed by atoms with E-state index in [1.54, 1.807) is 17.5 Å². The maximum Gasteiger partial charge on any atom is 0.257 e. The molecule has 1 amide bonds. The fourth-order valence-electron chi connectivity index (χ4n) is 1.30. The molecule has 0 spiro atoms. The van der Waals surface area contributed by atoms with Crippen molar-refractivity contribution in [3.05, 3.63) is 40.2 Å². The van der Waals surface area contributed by atoms with Crippen LogP contribution in [0.3, 0.4) is 0 Å². The van der Waals surface area contributed by atoms with Gasteiger partial charge in [-0.15, -0.1) is 0 Å². The van der Waals surface area contributed by atoms with Gasteiger partial charge in [0, 0.05) is 5.38 Å². The van der Waals surface area contributed by atoms with E-state index >= 15 is 0 Å². The number of hydrogen-bond donors (Lipinski definition) is 2. The van der Waals surface area contributed by atoms with Crippen molar-refractivity contribution in [2.45, 2.75) is 6.92 Å². The molecule has 0 aromatic carbocycles. The van der Waals surface area contributed by atoms with Crippen molar-refractivity contribution in [1.82, 2.24) is 4.98 Å². The van der Waals surface area contributed by atoms with Crippen LogP contribution in [0.15, 0.2) is 29.1 Å². The lowest BCUT2D eigenvalue weighted by Gasteiger charge is -2.06. The predicted octanol–water partition coefficient (Wildman–Crippen LogP) is 2.29. The van der Waals surface area contributed by atoms with E-state index in [4.69, 9.17) is 5.73 Å². The van der Waals surface area contributed by atoms with Crippen LogP contribution in [0.1, 0.15) is 15.9 Å². The summed E-state index contributed by atoms with van der Waals surface area (Å²) in [5.74, 6) is 0.395. The Morgan fingerprint density at radius 3 is 3.00 bits per heavy atom. The van der Waals surface area contributed by atoms with Gasteiger partial charge in [-0.1, -0.05) is 0 Å². The summed E-state index contributed by atoms with van der Waals surface area (Å²) >= 11 is 1.48. The Morgan fingerprint density at radius 1 is 1.56 bits per heavy atom. The normalized spacial score (nSPS) is 10.1. The van der Waals surface area contributed by atoms with Crippen molar-refractivity contribution in [1.29, 1.82) is 0 Å². The van der Waals surface area contributed by atoms with Gasteiger partial charge in [0.2, 0.25) is 0 Å². The maximum atomic E-state index is 11.7. The molecule has 2 aromatic heterocycles. The zero-order valence-electron chi connectivity index (χ0n) is 8.73. The zero-order chi connectivity index (χ0) is 11.5. The van der Waals surface area contributed by atoms with Crippen LogP contribution in [-0.4, -0.2) is 10.9 Å². The van der Waals surface area contributed by atoms with E-state index in [-0.39, 0.29) is 5.91 Å². The molecule has 0 atom stereocenters. The van der Waals surface area contributed by atoms with E-state index < -0.39 is 0 Å². The second kappa shape index (κ2) is 4.32.